The van der Waals surface area contributed by atoms with Crippen molar-refractivity contribution < 1.29 is 9.22 Å². The van der Waals surface area contributed by atoms with Gasteiger partial charge in [0.15, 0.2) is 8.32 Å². The molecular weight excluding hydrogens is 440 g/mol. The number of aldehydes is 1. The summed E-state index contributed by atoms with van der Waals surface area (Å²) in [6.07, 6.45) is 8.61. The molecule has 6 nitrogen and oxygen atoms in total. The van der Waals surface area contributed by atoms with Crippen molar-refractivity contribution in [2.45, 2.75) is 82.8 Å². The first-order valence-corrected chi connectivity index (χ1v) is 15.4. The number of aryl methyl sites for hydroxylation is 1. The number of nitrogens with zero attached hydrogens (tertiary/aromatic N) is 3. The Morgan fingerprint density at radius 3 is 2.71 bits per heavy atom. The van der Waals surface area contributed by atoms with Crippen LogP contribution >= 0.6 is 0 Å². The Kier molecular flexibility index (Phi) is 5.88. The standard InChI is InChI=1S/C27H36N4O2Si/c1-27(2,3)34(4,5)33-24-15-20(14-19(24)16-32)31-13-12-22-25(28-17-29-26(22)31)30-23-11-10-18-8-6-7-9-21(18)23/h6-9,12-13,16-17,19-20,23-24H,10-11,14-15H2,1-5H3,(H,28,29,30)/t19?,20-,23+,24-/m1/s1. The highest BCUT2D eigenvalue weighted by molar-refractivity contribution is 6.74. The van der Waals surface area contributed by atoms with Gasteiger partial charge in [0.25, 0.3) is 0 Å². The van der Waals surface area contributed by atoms with E-state index in [2.05, 4.69) is 90.2 Å². The summed E-state index contributed by atoms with van der Waals surface area (Å²) in [5, 5.41) is 4.83. The number of anilines is 1. The molecule has 0 radical (unpaired) electrons. The minimum atomic E-state index is -1.96. The van der Waals surface area contributed by atoms with Gasteiger partial charge in [-0.2, -0.15) is 0 Å². The van der Waals surface area contributed by atoms with Gasteiger partial charge in [-0.05, 0) is 61.0 Å². The largest absolute Gasteiger partial charge is 0.413 e. The molecule has 5 rings (SSSR count). The fraction of sp³-hybridized carbons (Fsp3) is 0.519. The Bertz CT molecular complexity index is 1200. The molecule has 1 N–H and O–H groups in total. The molecule has 0 bridgehead atoms. The molecule has 2 aliphatic carbocycles. The van der Waals surface area contributed by atoms with Crippen molar-refractivity contribution in [1.82, 2.24) is 14.5 Å². The normalized spacial score (nSPS) is 25.0. The van der Waals surface area contributed by atoms with Gasteiger partial charge in [-0.15, -0.1) is 0 Å². The van der Waals surface area contributed by atoms with E-state index in [1.54, 1.807) is 6.33 Å². The number of nitrogens with one attached hydrogen (secondary N) is 1. The number of carbonyl (C=O) groups is 1. The molecular formula is C27H36N4O2Si. The summed E-state index contributed by atoms with van der Waals surface area (Å²) in [5.41, 5.74) is 3.71. The van der Waals surface area contributed by atoms with Crippen LogP contribution in [-0.4, -0.2) is 35.2 Å². The predicted octanol–water partition coefficient (Wildman–Crippen LogP) is 6.07. The van der Waals surface area contributed by atoms with E-state index in [0.29, 0.717) is 0 Å². The molecule has 1 unspecified atom stereocenters. The van der Waals surface area contributed by atoms with E-state index in [1.165, 1.54) is 11.1 Å². The summed E-state index contributed by atoms with van der Waals surface area (Å²) in [5.74, 6) is 0.801. The first-order chi connectivity index (χ1) is 16.2. The second kappa shape index (κ2) is 8.61. The molecule has 0 spiro atoms. The van der Waals surface area contributed by atoms with Crippen LogP contribution in [0.25, 0.3) is 11.0 Å². The van der Waals surface area contributed by atoms with Crippen molar-refractivity contribution in [3.63, 3.8) is 0 Å². The van der Waals surface area contributed by atoms with Crippen LogP contribution in [0.15, 0.2) is 42.9 Å². The molecule has 2 aromatic heterocycles. The molecule has 0 saturated heterocycles. The summed E-state index contributed by atoms with van der Waals surface area (Å²) < 4.78 is 8.93. The van der Waals surface area contributed by atoms with Gasteiger partial charge in [-0.3, -0.25) is 0 Å². The lowest BCUT2D eigenvalue weighted by Crippen LogP contribution is -2.45. The summed E-state index contributed by atoms with van der Waals surface area (Å²) in [4.78, 5) is 21.2. The lowest BCUT2D eigenvalue weighted by molar-refractivity contribution is -0.113. The fourth-order valence-corrected chi connectivity index (χ4v) is 6.70. The number of hydrogen-bond donors (Lipinski definition) is 1. The molecule has 1 fully saturated rings. The van der Waals surface area contributed by atoms with E-state index in [1.807, 2.05) is 0 Å². The molecule has 1 aromatic carbocycles. The van der Waals surface area contributed by atoms with Gasteiger partial charge < -0.3 is 19.1 Å². The van der Waals surface area contributed by atoms with Gasteiger partial charge in [-0.1, -0.05) is 45.0 Å². The smallest absolute Gasteiger partial charge is 0.192 e. The molecule has 180 valence electrons. The van der Waals surface area contributed by atoms with Crippen LogP contribution in [-0.2, 0) is 15.6 Å². The van der Waals surface area contributed by atoms with Crippen LogP contribution in [0.1, 0.15) is 63.2 Å². The number of rotatable bonds is 6. The third-order valence-corrected chi connectivity index (χ3v) is 12.8. The van der Waals surface area contributed by atoms with Crippen LogP contribution < -0.4 is 5.32 Å². The zero-order valence-electron chi connectivity index (χ0n) is 20.9. The highest BCUT2D eigenvalue weighted by Crippen LogP contribution is 2.44. The number of hydrogen-bond acceptors (Lipinski definition) is 5. The average molecular weight is 477 g/mol. The highest BCUT2D eigenvalue weighted by Gasteiger charge is 2.44. The molecule has 0 amide bonds. The second-order valence-corrected chi connectivity index (χ2v) is 16.2. The molecule has 2 heterocycles. The SMILES string of the molecule is CC(C)(C)[Si](C)(C)O[C@@H]1C[C@H](n2ccc3c(N[C@H]4CCc5ccccc54)ncnc32)CC1C=O. The quantitative estimate of drug-likeness (QED) is 0.345. The van der Waals surface area contributed by atoms with E-state index in [-0.39, 0.29) is 29.1 Å². The Morgan fingerprint density at radius 1 is 1.15 bits per heavy atom. The van der Waals surface area contributed by atoms with Crippen molar-refractivity contribution in [3.8, 4) is 0 Å². The zero-order valence-corrected chi connectivity index (χ0v) is 21.9. The van der Waals surface area contributed by atoms with Gasteiger partial charge in [0.05, 0.1) is 17.5 Å². The van der Waals surface area contributed by atoms with Gasteiger partial charge in [0, 0.05) is 18.2 Å². The zero-order chi connectivity index (χ0) is 24.1. The first-order valence-electron chi connectivity index (χ1n) is 12.5. The lowest BCUT2D eigenvalue weighted by atomic mass is 10.1. The minimum absolute atomic E-state index is 0.0322. The summed E-state index contributed by atoms with van der Waals surface area (Å²) >= 11 is 0. The van der Waals surface area contributed by atoms with Gasteiger partial charge in [0.1, 0.15) is 24.1 Å². The lowest BCUT2D eigenvalue weighted by Gasteiger charge is -2.39. The molecule has 34 heavy (non-hydrogen) atoms. The predicted molar refractivity (Wildman–Crippen MR) is 139 cm³/mol. The first kappa shape index (κ1) is 23.2. The monoisotopic (exact) mass is 476 g/mol. The Labute approximate surface area is 203 Å². The maximum absolute atomic E-state index is 12.0. The number of fused-ring (bicyclic) bond motifs is 2. The van der Waals surface area contributed by atoms with Gasteiger partial charge in [-0.25, -0.2) is 9.97 Å². The number of aromatic nitrogens is 3. The van der Waals surface area contributed by atoms with Gasteiger partial charge in [0.2, 0.25) is 0 Å². The maximum atomic E-state index is 12.0. The van der Waals surface area contributed by atoms with Crippen LogP contribution in [0.5, 0.6) is 0 Å². The molecule has 3 aromatic rings. The van der Waals surface area contributed by atoms with Crippen LogP contribution in [0.2, 0.25) is 18.1 Å². The molecule has 2 aliphatic rings. The van der Waals surface area contributed by atoms with Crippen LogP contribution in [0, 0.1) is 5.92 Å². The Morgan fingerprint density at radius 2 is 1.94 bits per heavy atom. The third-order valence-electron chi connectivity index (χ3n) is 8.30. The van der Waals surface area contributed by atoms with E-state index in [4.69, 9.17) is 4.43 Å². The molecule has 0 aliphatic heterocycles. The topological polar surface area (TPSA) is 69.0 Å². The summed E-state index contributed by atoms with van der Waals surface area (Å²) in [6.45, 7) is 11.3. The fourth-order valence-electron chi connectivity index (χ4n) is 5.32. The van der Waals surface area contributed by atoms with Crippen molar-refractivity contribution >= 4 is 31.5 Å². The minimum Gasteiger partial charge on any atom is -0.413 e. The van der Waals surface area contributed by atoms with Crippen molar-refractivity contribution in [3.05, 3.63) is 54.0 Å². The second-order valence-electron chi connectivity index (χ2n) is 11.5. The number of benzene rings is 1. The highest BCUT2D eigenvalue weighted by atomic mass is 28.4. The van der Waals surface area contributed by atoms with Gasteiger partial charge >= 0.3 is 0 Å². The van der Waals surface area contributed by atoms with E-state index >= 15 is 0 Å². The summed E-state index contributed by atoms with van der Waals surface area (Å²) in [7, 11) is -1.96. The van der Waals surface area contributed by atoms with E-state index in [9.17, 15) is 4.79 Å². The molecule has 4 atom stereocenters. The average Bonchev–Trinajstić information content (AvgIpc) is 3.50. The number of carbonyl (C=O) groups excluding carboxylic acids is 1. The maximum Gasteiger partial charge on any atom is 0.192 e. The molecule has 1 saturated carbocycles. The van der Waals surface area contributed by atoms with Crippen molar-refractivity contribution in [1.29, 1.82) is 0 Å². The molecule has 7 heteroatoms. The Balaban J connectivity index is 1.39. The van der Waals surface area contributed by atoms with Crippen LogP contribution in [0.3, 0.4) is 0 Å². The van der Waals surface area contributed by atoms with Crippen molar-refractivity contribution in [2.24, 2.45) is 5.92 Å². The van der Waals surface area contributed by atoms with E-state index in [0.717, 1.165) is 48.8 Å². The Hall–Kier alpha value is -2.51. The van der Waals surface area contributed by atoms with Crippen molar-refractivity contribution in [2.75, 3.05) is 5.32 Å². The summed E-state index contributed by atoms with van der Waals surface area (Å²) in [6, 6.07) is 11.2. The third kappa shape index (κ3) is 4.09. The van der Waals surface area contributed by atoms with Crippen LogP contribution in [0.4, 0.5) is 5.82 Å². The van der Waals surface area contributed by atoms with E-state index < -0.39 is 8.32 Å².